The fourth-order valence-electron chi connectivity index (χ4n) is 2.00. The van der Waals surface area contributed by atoms with Crippen LogP contribution in [0, 0.1) is 5.82 Å². The highest BCUT2D eigenvalue weighted by Crippen LogP contribution is 2.19. The number of nitrogens with zero attached hydrogens (tertiary/aromatic N) is 2. The van der Waals surface area contributed by atoms with Crippen molar-refractivity contribution in [1.82, 2.24) is 15.3 Å². The fourth-order valence-corrected chi connectivity index (χ4v) is 2.41. The van der Waals surface area contributed by atoms with E-state index in [4.69, 9.17) is 0 Å². The molecular formula is C15H17BrFN3. The summed E-state index contributed by atoms with van der Waals surface area (Å²) in [6, 6.07) is 5.28. The van der Waals surface area contributed by atoms with Crippen molar-refractivity contribution < 1.29 is 4.39 Å². The number of pyridine rings is 2. The second-order valence-corrected chi connectivity index (χ2v) is 5.54. The van der Waals surface area contributed by atoms with Crippen molar-refractivity contribution in [3.05, 3.63) is 58.3 Å². The highest BCUT2D eigenvalue weighted by Gasteiger charge is 2.13. The van der Waals surface area contributed by atoms with Crippen molar-refractivity contribution in [3.8, 4) is 0 Å². The van der Waals surface area contributed by atoms with Crippen LogP contribution >= 0.6 is 15.9 Å². The van der Waals surface area contributed by atoms with Gasteiger partial charge in [-0.25, -0.2) is 4.39 Å². The summed E-state index contributed by atoms with van der Waals surface area (Å²) in [7, 11) is 0. The minimum atomic E-state index is -0.313. The molecule has 2 heterocycles. The van der Waals surface area contributed by atoms with Crippen LogP contribution in [-0.4, -0.2) is 16.5 Å². The lowest BCUT2D eigenvalue weighted by Gasteiger charge is -2.18. The van der Waals surface area contributed by atoms with Gasteiger partial charge in [-0.15, -0.1) is 0 Å². The molecule has 0 aromatic carbocycles. The van der Waals surface area contributed by atoms with Crippen LogP contribution in [0.15, 0.2) is 41.3 Å². The molecule has 0 aliphatic rings. The first-order valence-corrected chi connectivity index (χ1v) is 7.42. The van der Waals surface area contributed by atoms with E-state index >= 15 is 0 Å². The number of halogens is 2. The van der Waals surface area contributed by atoms with E-state index in [1.807, 2.05) is 12.3 Å². The van der Waals surface area contributed by atoms with Crippen molar-refractivity contribution in [2.75, 3.05) is 6.54 Å². The smallest absolute Gasteiger partial charge is 0.141 e. The Labute approximate surface area is 126 Å². The number of aromatic nitrogens is 2. The van der Waals surface area contributed by atoms with Crippen molar-refractivity contribution in [1.29, 1.82) is 0 Å². The summed E-state index contributed by atoms with van der Waals surface area (Å²) in [5.74, 6) is -0.313. The first-order chi connectivity index (χ1) is 9.69. The Morgan fingerprint density at radius 1 is 1.30 bits per heavy atom. The van der Waals surface area contributed by atoms with E-state index in [0.717, 1.165) is 35.1 Å². The summed E-state index contributed by atoms with van der Waals surface area (Å²) in [5, 5.41) is 3.45. The molecule has 1 atom stereocenters. The molecule has 0 aliphatic carbocycles. The molecule has 1 unspecified atom stereocenters. The molecule has 0 amide bonds. The SMILES string of the molecule is CCCNC(Cc1cncc(Br)c1)c1ccc(F)cn1. The molecule has 2 rings (SSSR count). The van der Waals surface area contributed by atoms with Gasteiger partial charge in [0.2, 0.25) is 0 Å². The second-order valence-electron chi connectivity index (χ2n) is 4.62. The van der Waals surface area contributed by atoms with E-state index in [1.54, 1.807) is 12.3 Å². The Balaban J connectivity index is 2.16. The monoisotopic (exact) mass is 337 g/mol. The van der Waals surface area contributed by atoms with Gasteiger partial charge in [-0.05, 0) is 59.1 Å². The third kappa shape index (κ3) is 4.35. The standard InChI is InChI=1S/C15H17BrFN3/c1-2-5-19-15(14-4-3-13(17)10-20-14)7-11-6-12(16)9-18-8-11/h3-4,6,8-10,15,19H,2,5,7H2,1H3. The topological polar surface area (TPSA) is 37.8 Å². The highest BCUT2D eigenvalue weighted by atomic mass is 79.9. The molecule has 3 nitrogen and oxygen atoms in total. The van der Waals surface area contributed by atoms with E-state index in [9.17, 15) is 4.39 Å². The first kappa shape index (κ1) is 15.1. The number of rotatable bonds is 6. The molecule has 5 heteroatoms. The largest absolute Gasteiger partial charge is 0.308 e. The Kier molecular flexibility index (Phi) is 5.61. The summed E-state index contributed by atoms with van der Waals surface area (Å²) in [6.45, 7) is 3.01. The summed E-state index contributed by atoms with van der Waals surface area (Å²) < 4.78 is 13.9. The van der Waals surface area contributed by atoms with Crippen molar-refractivity contribution >= 4 is 15.9 Å². The molecule has 0 radical (unpaired) electrons. The van der Waals surface area contributed by atoms with Gasteiger partial charge in [0.1, 0.15) is 5.82 Å². The normalized spacial score (nSPS) is 12.3. The number of nitrogens with one attached hydrogen (secondary N) is 1. The molecule has 0 saturated heterocycles. The van der Waals surface area contributed by atoms with Crippen LogP contribution in [0.3, 0.4) is 0 Å². The molecule has 2 aromatic heterocycles. The van der Waals surface area contributed by atoms with E-state index in [2.05, 4.69) is 38.1 Å². The molecule has 2 aromatic rings. The zero-order chi connectivity index (χ0) is 14.4. The Hall–Kier alpha value is -1.33. The summed E-state index contributed by atoms with van der Waals surface area (Å²) in [5.41, 5.74) is 1.96. The van der Waals surface area contributed by atoms with Gasteiger partial charge in [0.25, 0.3) is 0 Å². The van der Waals surface area contributed by atoms with Gasteiger partial charge in [0.15, 0.2) is 0 Å². The average molecular weight is 338 g/mol. The Morgan fingerprint density at radius 3 is 2.80 bits per heavy atom. The van der Waals surface area contributed by atoms with Crippen LogP contribution in [0.1, 0.15) is 30.6 Å². The lowest BCUT2D eigenvalue weighted by Crippen LogP contribution is -2.25. The predicted octanol–water partition coefficient (Wildman–Crippen LogP) is 3.66. The predicted molar refractivity (Wildman–Crippen MR) is 80.9 cm³/mol. The highest BCUT2D eigenvalue weighted by molar-refractivity contribution is 9.10. The molecule has 0 saturated carbocycles. The third-order valence-corrected chi connectivity index (χ3v) is 3.38. The zero-order valence-corrected chi connectivity index (χ0v) is 12.9. The maximum absolute atomic E-state index is 13.0. The maximum atomic E-state index is 13.0. The molecular weight excluding hydrogens is 321 g/mol. The van der Waals surface area contributed by atoms with Crippen LogP contribution in [0.5, 0.6) is 0 Å². The van der Waals surface area contributed by atoms with E-state index < -0.39 is 0 Å². The first-order valence-electron chi connectivity index (χ1n) is 6.63. The zero-order valence-electron chi connectivity index (χ0n) is 11.3. The minimum Gasteiger partial charge on any atom is -0.308 e. The van der Waals surface area contributed by atoms with Crippen LogP contribution in [0.2, 0.25) is 0 Å². The van der Waals surface area contributed by atoms with E-state index in [0.29, 0.717) is 0 Å². The molecule has 0 spiro atoms. The molecule has 106 valence electrons. The lowest BCUT2D eigenvalue weighted by molar-refractivity contribution is 0.513. The molecule has 0 aliphatic heterocycles. The van der Waals surface area contributed by atoms with Gasteiger partial charge in [-0.2, -0.15) is 0 Å². The van der Waals surface area contributed by atoms with Crippen LogP contribution in [0.4, 0.5) is 4.39 Å². The molecule has 1 N–H and O–H groups in total. The molecule has 0 bridgehead atoms. The van der Waals surface area contributed by atoms with Crippen LogP contribution in [-0.2, 0) is 6.42 Å². The van der Waals surface area contributed by atoms with Gasteiger partial charge < -0.3 is 5.32 Å². The number of hydrogen-bond donors (Lipinski definition) is 1. The quantitative estimate of drug-likeness (QED) is 0.873. The van der Waals surface area contributed by atoms with E-state index in [1.165, 1.54) is 12.3 Å². The van der Waals surface area contributed by atoms with Crippen LogP contribution in [0.25, 0.3) is 0 Å². The lowest BCUT2D eigenvalue weighted by atomic mass is 10.0. The fraction of sp³-hybridized carbons (Fsp3) is 0.333. The Bertz CT molecular complexity index is 545. The maximum Gasteiger partial charge on any atom is 0.141 e. The van der Waals surface area contributed by atoms with Gasteiger partial charge in [0.05, 0.1) is 17.9 Å². The minimum absolute atomic E-state index is 0.0617. The van der Waals surface area contributed by atoms with Crippen molar-refractivity contribution in [2.24, 2.45) is 0 Å². The third-order valence-electron chi connectivity index (χ3n) is 2.95. The summed E-state index contributed by atoms with van der Waals surface area (Å²) >= 11 is 3.42. The van der Waals surface area contributed by atoms with Gasteiger partial charge >= 0.3 is 0 Å². The summed E-state index contributed by atoms with van der Waals surface area (Å²) in [4.78, 5) is 8.35. The molecule has 20 heavy (non-hydrogen) atoms. The molecule has 0 fully saturated rings. The van der Waals surface area contributed by atoms with Gasteiger partial charge in [-0.3, -0.25) is 9.97 Å². The van der Waals surface area contributed by atoms with Gasteiger partial charge in [0, 0.05) is 16.9 Å². The van der Waals surface area contributed by atoms with Crippen molar-refractivity contribution in [3.63, 3.8) is 0 Å². The van der Waals surface area contributed by atoms with Crippen LogP contribution < -0.4 is 5.32 Å². The Morgan fingerprint density at radius 2 is 2.15 bits per heavy atom. The average Bonchev–Trinajstić information content (AvgIpc) is 2.44. The van der Waals surface area contributed by atoms with Gasteiger partial charge in [-0.1, -0.05) is 6.92 Å². The second kappa shape index (κ2) is 7.45. The number of hydrogen-bond acceptors (Lipinski definition) is 3. The van der Waals surface area contributed by atoms with E-state index in [-0.39, 0.29) is 11.9 Å². The van der Waals surface area contributed by atoms with Crippen molar-refractivity contribution in [2.45, 2.75) is 25.8 Å². The summed E-state index contributed by atoms with van der Waals surface area (Å²) in [6.07, 6.45) is 6.66.